The second-order valence-corrected chi connectivity index (χ2v) is 9.06. The van der Waals surface area contributed by atoms with Gasteiger partial charge in [-0.3, -0.25) is 4.99 Å². The topological polar surface area (TPSA) is 73.8 Å². The molecular formula is C21H28FIN4O2S. The van der Waals surface area contributed by atoms with Gasteiger partial charge in [-0.25, -0.2) is 12.8 Å². The third-order valence-corrected chi connectivity index (χ3v) is 6.90. The van der Waals surface area contributed by atoms with E-state index in [2.05, 4.69) is 15.6 Å². The molecule has 9 heteroatoms. The van der Waals surface area contributed by atoms with Crippen LogP contribution in [0.1, 0.15) is 29.5 Å². The first-order chi connectivity index (χ1) is 13.9. The number of rotatable bonds is 6. The van der Waals surface area contributed by atoms with E-state index in [1.54, 1.807) is 42.5 Å². The van der Waals surface area contributed by atoms with Gasteiger partial charge in [0, 0.05) is 33.2 Å². The summed E-state index contributed by atoms with van der Waals surface area (Å²) in [6.07, 6.45) is 1.84. The number of hydrogen-bond donors (Lipinski definition) is 2. The van der Waals surface area contributed by atoms with Crippen molar-refractivity contribution in [2.24, 2.45) is 4.99 Å². The third-order valence-electron chi connectivity index (χ3n) is 4.99. The fourth-order valence-electron chi connectivity index (χ4n) is 3.27. The Morgan fingerprint density at radius 2 is 1.60 bits per heavy atom. The van der Waals surface area contributed by atoms with Gasteiger partial charge in [-0.1, -0.05) is 24.3 Å². The second-order valence-electron chi connectivity index (χ2n) is 7.12. The molecule has 0 saturated carbocycles. The van der Waals surface area contributed by atoms with Crippen LogP contribution in [0.25, 0.3) is 0 Å². The molecule has 0 atom stereocenters. The second kappa shape index (κ2) is 11.1. The smallest absolute Gasteiger partial charge is 0.243 e. The molecule has 6 nitrogen and oxygen atoms in total. The molecule has 1 saturated heterocycles. The minimum absolute atomic E-state index is 0. The summed E-state index contributed by atoms with van der Waals surface area (Å²) in [7, 11) is -1.71. The van der Waals surface area contributed by atoms with Crippen molar-refractivity contribution in [2.75, 3.05) is 20.1 Å². The molecule has 0 aliphatic carbocycles. The Balaban J connectivity index is 0.00000320. The van der Waals surface area contributed by atoms with E-state index < -0.39 is 10.0 Å². The van der Waals surface area contributed by atoms with Crippen LogP contribution < -0.4 is 10.6 Å². The Bertz CT molecular complexity index is 975. The molecule has 2 N–H and O–H groups in total. The van der Waals surface area contributed by atoms with Gasteiger partial charge in [-0.15, -0.1) is 24.0 Å². The number of aryl methyl sites for hydroxylation is 1. The summed E-state index contributed by atoms with van der Waals surface area (Å²) in [6.45, 7) is 3.96. The van der Waals surface area contributed by atoms with E-state index in [-0.39, 0.29) is 29.8 Å². The molecule has 1 aliphatic rings. The van der Waals surface area contributed by atoms with Crippen LogP contribution in [-0.2, 0) is 23.1 Å². The highest BCUT2D eigenvalue weighted by molar-refractivity contribution is 14.0. The van der Waals surface area contributed by atoms with Crippen LogP contribution in [-0.4, -0.2) is 38.8 Å². The van der Waals surface area contributed by atoms with Crippen molar-refractivity contribution in [3.63, 3.8) is 0 Å². The summed E-state index contributed by atoms with van der Waals surface area (Å²) >= 11 is 0. The number of benzene rings is 2. The fourth-order valence-corrected chi connectivity index (χ4v) is 4.78. The van der Waals surface area contributed by atoms with E-state index in [0.29, 0.717) is 42.6 Å². The van der Waals surface area contributed by atoms with E-state index in [9.17, 15) is 12.8 Å². The molecule has 0 spiro atoms. The van der Waals surface area contributed by atoms with Crippen LogP contribution in [0.4, 0.5) is 4.39 Å². The minimum Gasteiger partial charge on any atom is -0.352 e. The molecule has 2 aromatic carbocycles. The SMILES string of the molecule is CN=C(NCc1ccc(S(=O)(=O)N2CCCC2)cc1)NCc1ccc(F)c(C)c1.I. The zero-order valence-corrected chi connectivity index (χ0v) is 20.3. The molecule has 1 aliphatic heterocycles. The Kier molecular flexibility index (Phi) is 9.05. The van der Waals surface area contributed by atoms with E-state index >= 15 is 0 Å². The summed E-state index contributed by atoms with van der Waals surface area (Å²) < 4.78 is 40.1. The Labute approximate surface area is 195 Å². The molecule has 0 bridgehead atoms. The summed E-state index contributed by atoms with van der Waals surface area (Å²) in [6, 6.07) is 11.9. The number of sulfonamides is 1. The van der Waals surface area contributed by atoms with Crippen LogP contribution in [0, 0.1) is 12.7 Å². The van der Waals surface area contributed by atoms with Crippen molar-refractivity contribution in [1.82, 2.24) is 14.9 Å². The van der Waals surface area contributed by atoms with Gasteiger partial charge >= 0.3 is 0 Å². The van der Waals surface area contributed by atoms with Gasteiger partial charge in [0.25, 0.3) is 0 Å². The van der Waals surface area contributed by atoms with Gasteiger partial charge in [0.2, 0.25) is 10.0 Å². The number of nitrogens with zero attached hydrogens (tertiary/aromatic N) is 2. The van der Waals surface area contributed by atoms with Crippen LogP contribution in [0.3, 0.4) is 0 Å². The number of aliphatic imine (C=N–C) groups is 1. The van der Waals surface area contributed by atoms with Crippen molar-refractivity contribution in [3.8, 4) is 0 Å². The Hall–Kier alpha value is -1.72. The molecule has 3 rings (SSSR count). The molecular weight excluding hydrogens is 518 g/mol. The first-order valence-corrected chi connectivity index (χ1v) is 11.1. The van der Waals surface area contributed by atoms with E-state index in [4.69, 9.17) is 0 Å². The first kappa shape index (κ1) is 24.5. The molecule has 0 amide bonds. The van der Waals surface area contributed by atoms with Crippen molar-refractivity contribution < 1.29 is 12.8 Å². The van der Waals surface area contributed by atoms with Crippen molar-refractivity contribution in [1.29, 1.82) is 0 Å². The van der Waals surface area contributed by atoms with Crippen LogP contribution in [0.5, 0.6) is 0 Å². The van der Waals surface area contributed by atoms with E-state index in [1.807, 2.05) is 12.1 Å². The summed E-state index contributed by atoms with van der Waals surface area (Å²) in [5, 5.41) is 6.39. The number of nitrogens with one attached hydrogen (secondary N) is 2. The first-order valence-electron chi connectivity index (χ1n) is 9.69. The Morgan fingerprint density at radius 1 is 1.03 bits per heavy atom. The van der Waals surface area contributed by atoms with Crippen molar-refractivity contribution >= 4 is 40.0 Å². The fraction of sp³-hybridized carbons (Fsp3) is 0.381. The average Bonchev–Trinajstić information content (AvgIpc) is 3.27. The van der Waals surface area contributed by atoms with Crippen molar-refractivity contribution in [3.05, 3.63) is 65.0 Å². The quantitative estimate of drug-likeness (QED) is 0.331. The predicted molar refractivity (Wildman–Crippen MR) is 128 cm³/mol. The lowest BCUT2D eigenvalue weighted by Gasteiger charge is -2.16. The van der Waals surface area contributed by atoms with Gasteiger partial charge in [-0.2, -0.15) is 4.31 Å². The minimum atomic E-state index is -3.39. The molecule has 164 valence electrons. The summed E-state index contributed by atoms with van der Waals surface area (Å²) in [4.78, 5) is 4.52. The van der Waals surface area contributed by atoms with Gasteiger partial charge in [0.1, 0.15) is 5.82 Å². The Morgan fingerprint density at radius 3 is 2.17 bits per heavy atom. The normalized spacial score (nSPS) is 15.0. The number of guanidine groups is 1. The zero-order valence-electron chi connectivity index (χ0n) is 17.2. The third kappa shape index (κ3) is 6.14. The standard InChI is InChI=1S/C21H27FN4O2S.HI/c1-16-13-18(7-10-20(16)22)15-25-21(23-2)24-14-17-5-8-19(9-6-17)29(27,28)26-11-3-4-12-26;/h5-10,13H,3-4,11-12,14-15H2,1-2H3,(H2,23,24,25);1H. The maximum Gasteiger partial charge on any atom is 0.243 e. The van der Waals surface area contributed by atoms with Crippen LogP contribution in [0.15, 0.2) is 52.4 Å². The largest absolute Gasteiger partial charge is 0.352 e. The predicted octanol–water partition coefficient (Wildman–Crippen LogP) is 3.40. The molecule has 0 radical (unpaired) electrons. The lowest BCUT2D eigenvalue weighted by atomic mass is 10.1. The maximum absolute atomic E-state index is 13.4. The van der Waals surface area contributed by atoms with Crippen LogP contribution >= 0.6 is 24.0 Å². The molecule has 0 aromatic heterocycles. The van der Waals surface area contributed by atoms with Gasteiger partial charge in [0.15, 0.2) is 5.96 Å². The number of halogens is 2. The average molecular weight is 546 g/mol. The van der Waals surface area contributed by atoms with Crippen molar-refractivity contribution in [2.45, 2.75) is 37.8 Å². The highest BCUT2D eigenvalue weighted by Crippen LogP contribution is 2.21. The van der Waals surface area contributed by atoms with Gasteiger partial charge < -0.3 is 10.6 Å². The molecule has 2 aromatic rings. The van der Waals surface area contributed by atoms with Gasteiger partial charge in [0.05, 0.1) is 4.90 Å². The van der Waals surface area contributed by atoms with Gasteiger partial charge in [-0.05, 0) is 54.7 Å². The summed E-state index contributed by atoms with van der Waals surface area (Å²) in [5.41, 5.74) is 2.52. The number of hydrogen-bond acceptors (Lipinski definition) is 3. The van der Waals surface area contributed by atoms with Crippen LogP contribution in [0.2, 0.25) is 0 Å². The summed E-state index contributed by atoms with van der Waals surface area (Å²) in [5.74, 6) is 0.396. The molecule has 1 fully saturated rings. The molecule has 0 unspecified atom stereocenters. The van der Waals surface area contributed by atoms with E-state index in [1.165, 1.54) is 6.07 Å². The highest BCUT2D eigenvalue weighted by Gasteiger charge is 2.26. The lowest BCUT2D eigenvalue weighted by Crippen LogP contribution is -2.36. The van der Waals surface area contributed by atoms with E-state index in [0.717, 1.165) is 24.0 Å². The zero-order chi connectivity index (χ0) is 20.9. The highest BCUT2D eigenvalue weighted by atomic mass is 127. The maximum atomic E-state index is 13.4. The monoisotopic (exact) mass is 546 g/mol. The lowest BCUT2D eigenvalue weighted by molar-refractivity contribution is 0.477. The molecule has 1 heterocycles. The molecule has 30 heavy (non-hydrogen) atoms.